The van der Waals surface area contributed by atoms with E-state index in [4.69, 9.17) is 9.47 Å². The van der Waals surface area contributed by atoms with Crippen LogP contribution in [0.4, 0.5) is 0 Å². The summed E-state index contributed by atoms with van der Waals surface area (Å²) >= 11 is 0. The van der Waals surface area contributed by atoms with E-state index >= 15 is 0 Å². The minimum atomic E-state index is -0.0312. The van der Waals surface area contributed by atoms with Crippen LogP contribution < -0.4 is 20.1 Å². The molecule has 23 heavy (non-hydrogen) atoms. The third-order valence-corrected chi connectivity index (χ3v) is 2.95. The largest absolute Gasteiger partial charge is 0.493 e. The normalized spacial score (nSPS) is 12.0. The van der Waals surface area contributed by atoms with Gasteiger partial charge in [-0.25, -0.2) is 4.99 Å². The van der Waals surface area contributed by atoms with Crippen LogP contribution >= 0.6 is 0 Å². The van der Waals surface area contributed by atoms with Gasteiger partial charge in [0.25, 0.3) is 0 Å². The third kappa shape index (κ3) is 7.26. The van der Waals surface area contributed by atoms with E-state index in [0.29, 0.717) is 13.2 Å². The van der Waals surface area contributed by atoms with Crippen molar-refractivity contribution in [3.63, 3.8) is 0 Å². The molecule has 2 N–H and O–H groups in total. The second-order valence-electron chi connectivity index (χ2n) is 6.40. The topological polar surface area (TPSA) is 54.9 Å². The van der Waals surface area contributed by atoms with Gasteiger partial charge in [0.1, 0.15) is 0 Å². The quantitative estimate of drug-likeness (QED) is 0.597. The number of hydrogen-bond acceptors (Lipinski definition) is 3. The first kappa shape index (κ1) is 19.1. The Balaban J connectivity index is 2.83. The summed E-state index contributed by atoms with van der Waals surface area (Å²) in [4.78, 5) is 4.63. The van der Waals surface area contributed by atoms with Crippen molar-refractivity contribution in [2.24, 2.45) is 4.99 Å². The number of nitrogens with zero attached hydrogens (tertiary/aromatic N) is 1. The zero-order valence-electron chi connectivity index (χ0n) is 15.3. The molecular weight excluding hydrogens is 290 g/mol. The Hall–Kier alpha value is -1.91. The molecule has 0 spiro atoms. The smallest absolute Gasteiger partial charge is 0.191 e. The Morgan fingerprint density at radius 3 is 2.48 bits per heavy atom. The lowest BCUT2D eigenvalue weighted by atomic mass is 10.1. The summed E-state index contributed by atoms with van der Waals surface area (Å²) in [6, 6.07) is 5.95. The molecule has 0 radical (unpaired) electrons. The fourth-order valence-electron chi connectivity index (χ4n) is 1.97. The summed E-state index contributed by atoms with van der Waals surface area (Å²) in [5.74, 6) is 2.34. The van der Waals surface area contributed by atoms with Gasteiger partial charge in [-0.1, -0.05) is 13.0 Å². The van der Waals surface area contributed by atoms with Gasteiger partial charge in [0, 0.05) is 12.1 Å². The van der Waals surface area contributed by atoms with Crippen LogP contribution in [0.3, 0.4) is 0 Å². The van der Waals surface area contributed by atoms with Crippen LogP contribution in [0.2, 0.25) is 0 Å². The predicted molar refractivity (Wildman–Crippen MR) is 96.5 cm³/mol. The molecule has 5 nitrogen and oxygen atoms in total. The molecule has 0 saturated heterocycles. The van der Waals surface area contributed by atoms with Gasteiger partial charge < -0.3 is 20.1 Å². The molecule has 0 aliphatic heterocycles. The van der Waals surface area contributed by atoms with Gasteiger partial charge >= 0.3 is 0 Å². The highest BCUT2D eigenvalue weighted by atomic mass is 16.5. The predicted octanol–water partition coefficient (Wildman–Crippen LogP) is 3.34. The van der Waals surface area contributed by atoms with Gasteiger partial charge in [0.15, 0.2) is 17.5 Å². The number of nitrogens with one attached hydrogen (secondary N) is 2. The standard InChI is InChI=1S/C18H31N3O2/c1-7-11-23-15-10-9-14(12-16(15)22-6)13-20-17(19-8-2)21-18(3,4)5/h9-10,12H,7-8,11,13H2,1-6H3,(H2,19,20,21). The first-order chi connectivity index (χ1) is 10.9. The minimum Gasteiger partial charge on any atom is -0.493 e. The highest BCUT2D eigenvalue weighted by Gasteiger charge is 2.12. The molecule has 0 heterocycles. The van der Waals surface area contributed by atoms with Crippen molar-refractivity contribution in [2.75, 3.05) is 20.3 Å². The van der Waals surface area contributed by atoms with Crippen molar-refractivity contribution in [1.82, 2.24) is 10.6 Å². The number of ether oxygens (including phenoxy) is 2. The molecule has 1 aromatic rings. The second-order valence-corrected chi connectivity index (χ2v) is 6.40. The monoisotopic (exact) mass is 321 g/mol. The molecule has 0 aliphatic carbocycles. The number of guanidine groups is 1. The van der Waals surface area contributed by atoms with E-state index in [1.807, 2.05) is 18.2 Å². The third-order valence-electron chi connectivity index (χ3n) is 2.95. The molecule has 0 unspecified atom stereocenters. The Morgan fingerprint density at radius 2 is 1.91 bits per heavy atom. The summed E-state index contributed by atoms with van der Waals surface area (Å²) < 4.78 is 11.1. The summed E-state index contributed by atoms with van der Waals surface area (Å²) in [5, 5.41) is 6.64. The maximum Gasteiger partial charge on any atom is 0.191 e. The van der Waals surface area contributed by atoms with E-state index in [1.165, 1.54) is 0 Å². The van der Waals surface area contributed by atoms with Gasteiger partial charge in [-0.05, 0) is 51.8 Å². The van der Waals surface area contributed by atoms with Crippen LogP contribution in [-0.2, 0) is 6.54 Å². The van der Waals surface area contributed by atoms with Crippen LogP contribution in [0.25, 0.3) is 0 Å². The van der Waals surface area contributed by atoms with Gasteiger partial charge in [-0.3, -0.25) is 0 Å². The van der Waals surface area contributed by atoms with Gasteiger partial charge in [-0.15, -0.1) is 0 Å². The van der Waals surface area contributed by atoms with Gasteiger partial charge in [-0.2, -0.15) is 0 Å². The summed E-state index contributed by atoms with van der Waals surface area (Å²) in [6.07, 6.45) is 0.972. The second kappa shape index (κ2) is 9.28. The zero-order valence-corrected chi connectivity index (χ0v) is 15.3. The van der Waals surface area contributed by atoms with Crippen molar-refractivity contribution < 1.29 is 9.47 Å². The van der Waals surface area contributed by atoms with Crippen molar-refractivity contribution in [3.05, 3.63) is 23.8 Å². The Kier molecular flexibility index (Phi) is 7.72. The van der Waals surface area contributed by atoms with Crippen molar-refractivity contribution in [1.29, 1.82) is 0 Å². The molecule has 0 aromatic heterocycles. The first-order valence-electron chi connectivity index (χ1n) is 8.25. The summed E-state index contributed by atoms with van der Waals surface area (Å²) in [5.41, 5.74) is 1.05. The number of methoxy groups -OCH3 is 1. The van der Waals surface area contributed by atoms with E-state index in [-0.39, 0.29) is 5.54 Å². The minimum absolute atomic E-state index is 0.0312. The van der Waals surface area contributed by atoms with Crippen LogP contribution in [0.5, 0.6) is 11.5 Å². The van der Waals surface area contributed by atoms with Crippen molar-refractivity contribution >= 4 is 5.96 Å². The number of benzene rings is 1. The van der Waals surface area contributed by atoms with Crippen LogP contribution in [-0.4, -0.2) is 31.8 Å². The lowest BCUT2D eigenvalue weighted by Crippen LogP contribution is -2.47. The van der Waals surface area contributed by atoms with Gasteiger partial charge in [0.05, 0.1) is 20.3 Å². The average molecular weight is 321 g/mol. The van der Waals surface area contributed by atoms with Crippen LogP contribution in [0, 0.1) is 0 Å². The number of aliphatic imine (C=N–C) groups is 1. The number of hydrogen-bond donors (Lipinski definition) is 2. The Morgan fingerprint density at radius 1 is 1.17 bits per heavy atom. The molecule has 0 fully saturated rings. The lowest BCUT2D eigenvalue weighted by molar-refractivity contribution is 0.294. The Labute approximate surface area is 140 Å². The highest BCUT2D eigenvalue weighted by molar-refractivity contribution is 5.80. The highest BCUT2D eigenvalue weighted by Crippen LogP contribution is 2.28. The molecule has 1 aromatic carbocycles. The van der Waals surface area contributed by atoms with E-state index in [0.717, 1.165) is 36.0 Å². The molecule has 130 valence electrons. The molecule has 1 rings (SSSR count). The van der Waals surface area contributed by atoms with Crippen molar-refractivity contribution in [2.45, 2.75) is 53.1 Å². The van der Waals surface area contributed by atoms with Gasteiger partial charge in [0.2, 0.25) is 0 Å². The lowest BCUT2D eigenvalue weighted by Gasteiger charge is -2.23. The molecule has 0 aliphatic rings. The summed E-state index contributed by atoms with van der Waals surface area (Å²) in [6.45, 7) is 12.6. The fraction of sp³-hybridized carbons (Fsp3) is 0.611. The molecule has 5 heteroatoms. The molecule has 0 amide bonds. The number of rotatable bonds is 7. The maximum absolute atomic E-state index is 5.68. The van der Waals surface area contributed by atoms with Crippen LogP contribution in [0.15, 0.2) is 23.2 Å². The molecule has 0 bridgehead atoms. The fourth-order valence-corrected chi connectivity index (χ4v) is 1.97. The zero-order chi connectivity index (χ0) is 17.3. The van der Waals surface area contributed by atoms with Crippen molar-refractivity contribution in [3.8, 4) is 11.5 Å². The maximum atomic E-state index is 5.68. The molecular formula is C18H31N3O2. The average Bonchev–Trinajstić information content (AvgIpc) is 2.49. The van der Waals surface area contributed by atoms with E-state index in [1.54, 1.807) is 7.11 Å². The van der Waals surface area contributed by atoms with E-state index in [9.17, 15) is 0 Å². The van der Waals surface area contributed by atoms with E-state index in [2.05, 4.69) is 50.2 Å². The van der Waals surface area contributed by atoms with Crippen LogP contribution in [0.1, 0.15) is 46.6 Å². The first-order valence-corrected chi connectivity index (χ1v) is 8.25. The molecule has 0 atom stereocenters. The Bertz CT molecular complexity index is 507. The SMILES string of the molecule is CCCOc1ccc(CN=C(NCC)NC(C)(C)C)cc1OC. The summed E-state index contributed by atoms with van der Waals surface area (Å²) in [7, 11) is 1.66. The molecule has 0 saturated carbocycles. The van der Waals surface area contributed by atoms with E-state index < -0.39 is 0 Å².